The van der Waals surface area contributed by atoms with E-state index in [1.54, 1.807) is 19.1 Å². The zero-order valence-corrected chi connectivity index (χ0v) is 13.8. The van der Waals surface area contributed by atoms with Crippen LogP contribution in [0.3, 0.4) is 0 Å². The Morgan fingerprint density at radius 1 is 1.30 bits per heavy atom. The lowest BCUT2D eigenvalue weighted by Gasteiger charge is -2.24. The third-order valence-corrected chi connectivity index (χ3v) is 4.64. The van der Waals surface area contributed by atoms with Gasteiger partial charge in [-0.15, -0.1) is 11.3 Å². The second kappa shape index (κ2) is 7.41. The summed E-state index contributed by atoms with van der Waals surface area (Å²) in [6, 6.07) is 1.66. The summed E-state index contributed by atoms with van der Waals surface area (Å²) < 4.78 is 4.98. The Balaban J connectivity index is 2.18. The highest BCUT2D eigenvalue weighted by Gasteiger charge is 2.34. The summed E-state index contributed by atoms with van der Waals surface area (Å²) >= 11 is 1.27. The molecule has 0 bridgehead atoms. The summed E-state index contributed by atoms with van der Waals surface area (Å²) in [6.45, 7) is 3.78. The van der Waals surface area contributed by atoms with Gasteiger partial charge >= 0.3 is 11.9 Å². The van der Waals surface area contributed by atoms with Gasteiger partial charge in [0.25, 0.3) is 0 Å². The molecule has 0 aromatic carbocycles. The number of nitrogens with one attached hydrogen (secondary N) is 1. The molecule has 0 radical (unpaired) electrons. The van der Waals surface area contributed by atoms with Gasteiger partial charge in [0.05, 0.1) is 24.0 Å². The van der Waals surface area contributed by atoms with Crippen LogP contribution >= 0.6 is 11.3 Å². The SMILES string of the molecule is CCOC(=O)c1cc(C)sc1NC(=O)[C@H]1CC=CC[C@H]1C(=O)O. The molecule has 0 aliphatic heterocycles. The smallest absolute Gasteiger partial charge is 0.341 e. The minimum atomic E-state index is -0.984. The van der Waals surface area contributed by atoms with Crippen LogP contribution in [0.1, 0.15) is 35.0 Å². The highest BCUT2D eigenvalue weighted by Crippen LogP contribution is 2.31. The molecule has 1 aromatic heterocycles. The second-order valence-corrected chi connectivity index (χ2v) is 6.56. The number of carboxylic acid groups (broad SMARTS) is 1. The first-order chi connectivity index (χ1) is 10.9. The molecule has 7 heteroatoms. The first-order valence-corrected chi connectivity index (χ1v) is 8.21. The number of rotatable bonds is 5. The molecular weight excluding hydrogens is 318 g/mol. The van der Waals surface area contributed by atoms with Gasteiger partial charge in [-0.2, -0.15) is 0 Å². The van der Waals surface area contributed by atoms with Crippen LogP contribution in [0.2, 0.25) is 0 Å². The van der Waals surface area contributed by atoms with E-state index in [0.29, 0.717) is 23.4 Å². The number of carbonyl (C=O) groups excluding carboxylic acids is 2. The van der Waals surface area contributed by atoms with Crippen LogP contribution < -0.4 is 5.32 Å². The average molecular weight is 337 g/mol. The van der Waals surface area contributed by atoms with Gasteiger partial charge in [0, 0.05) is 4.88 Å². The van der Waals surface area contributed by atoms with Gasteiger partial charge in [-0.1, -0.05) is 12.2 Å². The molecule has 6 nitrogen and oxygen atoms in total. The number of esters is 1. The lowest BCUT2D eigenvalue weighted by molar-refractivity contribution is -0.146. The van der Waals surface area contributed by atoms with E-state index in [1.807, 2.05) is 13.0 Å². The number of thiophene rings is 1. The fourth-order valence-electron chi connectivity index (χ4n) is 2.55. The predicted octanol–water partition coefficient (Wildman–Crippen LogP) is 2.84. The number of ether oxygens (including phenoxy) is 1. The lowest BCUT2D eigenvalue weighted by Crippen LogP contribution is -2.34. The van der Waals surface area contributed by atoms with Crippen molar-refractivity contribution >= 4 is 34.2 Å². The standard InChI is InChI=1S/C16H19NO5S/c1-3-22-16(21)12-8-9(2)23-14(12)17-13(18)10-6-4-5-7-11(10)15(19)20/h4-5,8,10-11H,3,6-7H2,1-2H3,(H,17,18)(H,19,20)/t10-,11+/m0/s1. The number of carboxylic acids is 1. The molecule has 1 heterocycles. The number of amides is 1. The maximum atomic E-state index is 12.5. The minimum Gasteiger partial charge on any atom is -0.481 e. The minimum absolute atomic E-state index is 0.246. The van der Waals surface area contributed by atoms with E-state index < -0.39 is 23.8 Å². The summed E-state index contributed by atoms with van der Waals surface area (Å²) in [5.41, 5.74) is 0.306. The Morgan fingerprint density at radius 2 is 1.96 bits per heavy atom. The predicted molar refractivity (Wildman–Crippen MR) is 86.6 cm³/mol. The number of hydrogen-bond acceptors (Lipinski definition) is 5. The zero-order valence-electron chi connectivity index (χ0n) is 13.0. The Labute approximate surface area is 138 Å². The molecule has 0 saturated carbocycles. The van der Waals surface area contributed by atoms with Gasteiger partial charge in [0.1, 0.15) is 5.00 Å². The molecule has 23 heavy (non-hydrogen) atoms. The number of anilines is 1. The van der Waals surface area contributed by atoms with E-state index >= 15 is 0 Å². The fourth-order valence-corrected chi connectivity index (χ4v) is 3.45. The number of allylic oxidation sites excluding steroid dienone is 2. The van der Waals surface area contributed by atoms with E-state index in [-0.39, 0.29) is 12.5 Å². The maximum Gasteiger partial charge on any atom is 0.341 e. The van der Waals surface area contributed by atoms with Crippen LogP contribution in [0.4, 0.5) is 5.00 Å². The first-order valence-electron chi connectivity index (χ1n) is 7.40. The molecule has 0 unspecified atom stereocenters. The molecule has 1 amide bonds. The normalized spacial score (nSPS) is 20.1. The van der Waals surface area contributed by atoms with Crippen LogP contribution in [-0.4, -0.2) is 29.6 Å². The van der Waals surface area contributed by atoms with Crippen LogP contribution in [0.25, 0.3) is 0 Å². The fraction of sp³-hybridized carbons (Fsp3) is 0.438. The lowest BCUT2D eigenvalue weighted by atomic mass is 9.82. The molecule has 2 atom stereocenters. The van der Waals surface area contributed by atoms with Gasteiger partial charge < -0.3 is 15.2 Å². The molecule has 124 valence electrons. The Kier molecular flexibility index (Phi) is 5.54. The van der Waals surface area contributed by atoms with Crippen LogP contribution in [0.15, 0.2) is 18.2 Å². The maximum absolute atomic E-state index is 12.5. The molecule has 0 saturated heterocycles. The topological polar surface area (TPSA) is 92.7 Å². The largest absolute Gasteiger partial charge is 0.481 e. The van der Waals surface area contributed by atoms with E-state index in [0.717, 1.165) is 4.88 Å². The van der Waals surface area contributed by atoms with Gasteiger partial charge in [-0.05, 0) is 32.8 Å². The van der Waals surface area contributed by atoms with E-state index in [2.05, 4.69) is 5.32 Å². The average Bonchev–Trinajstić information content (AvgIpc) is 2.88. The molecule has 0 spiro atoms. The van der Waals surface area contributed by atoms with Crippen molar-refractivity contribution in [3.63, 3.8) is 0 Å². The van der Waals surface area contributed by atoms with Crippen molar-refractivity contribution in [3.8, 4) is 0 Å². The highest BCUT2D eigenvalue weighted by molar-refractivity contribution is 7.16. The van der Waals surface area contributed by atoms with Crippen molar-refractivity contribution in [2.24, 2.45) is 11.8 Å². The molecule has 1 aromatic rings. The second-order valence-electron chi connectivity index (χ2n) is 5.30. The van der Waals surface area contributed by atoms with E-state index in [4.69, 9.17) is 4.74 Å². The van der Waals surface area contributed by atoms with Gasteiger partial charge in [-0.25, -0.2) is 4.79 Å². The molecular formula is C16H19NO5S. The number of hydrogen-bond donors (Lipinski definition) is 2. The van der Waals surface area contributed by atoms with Crippen molar-refractivity contribution < 1.29 is 24.2 Å². The van der Waals surface area contributed by atoms with Crippen molar-refractivity contribution in [2.75, 3.05) is 11.9 Å². The number of aliphatic carboxylic acids is 1. The third kappa shape index (κ3) is 3.98. The summed E-state index contributed by atoms with van der Waals surface area (Å²) in [4.78, 5) is 36.6. The van der Waals surface area contributed by atoms with Gasteiger partial charge in [-0.3, -0.25) is 9.59 Å². The number of carbonyl (C=O) groups is 3. The molecule has 1 aliphatic carbocycles. The van der Waals surface area contributed by atoms with Crippen molar-refractivity contribution in [1.29, 1.82) is 0 Å². The van der Waals surface area contributed by atoms with E-state index in [1.165, 1.54) is 11.3 Å². The quantitative estimate of drug-likeness (QED) is 0.636. The summed E-state index contributed by atoms with van der Waals surface area (Å²) in [6.07, 6.45) is 4.31. The Bertz CT molecular complexity index is 649. The van der Waals surface area contributed by atoms with Crippen molar-refractivity contribution in [1.82, 2.24) is 0 Å². The van der Waals surface area contributed by atoms with Crippen LogP contribution in [0, 0.1) is 18.8 Å². The van der Waals surface area contributed by atoms with Crippen molar-refractivity contribution in [2.45, 2.75) is 26.7 Å². The molecule has 2 N–H and O–H groups in total. The zero-order chi connectivity index (χ0) is 17.0. The van der Waals surface area contributed by atoms with Gasteiger partial charge in [0.2, 0.25) is 5.91 Å². The molecule has 1 aliphatic rings. The highest BCUT2D eigenvalue weighted by atomic mass is 32.1. The first kappa shape index (κ1) is 17.2. The molecule has 0 fully saturated rings. The Morgan fingerprint density at radius 3 is 2.57 bits per heavy atom. The third-order valence-electron chi connectivity index (χ3n) is 3.67. The van der Waals surface area contributed by atoms with Crippen molar-refractivity contribution in [3.05, 3.63) is 28.7 Å². The summed E-state index contributed by atoms with van der Waals surface area (Å²) in [7, 11) is 0. The van der Waals surface area contributed by atoms with Crippen LogP contribution in [-0.2, 0) is 14.3 Å². The van der Waals surface area contributed by atoms with Gasteiger partial charge in [0.15, 0.2) is 0 Å². The van der Waals surface area contributed by atoms with Crippen LogP contribution in [0.5, 0.6) is 0 Å². The molecule has 2 rings (SSSR count). The summed E-state index contributed by atoms with van der Waals surface area (Å²) in [5, 5.41) is 12.4. The Hall–Kier alpha value is -2.15. The summed E-state index contributed by atoms with van der Waals surface area (Å²) in [5.74, 6) is -3.25. The number of aryl methyl sites for hydroxylation is 1. The monoisotopic (exact) mass is 337 g/mol. The van der Waals surface area contributed by atoms with E-state index in [9.17, 15) is 19.5 Å².